The fraction of sp³-hybridized carbons (Fsp3) is 0.636. The maximum atomic E-state index is 10.7. The summed E-state index contributed by atoms with van der Waals surface area (Å²) in [4.78, 5) is 0. The third-order valence-corrected chi connectivity index (χ3v) is 7.33. The van der Waals surface area contributed by atoms with Crippen molar-refractivity contribution in [3.63, 3.8) is 0 Å². The molecule has 0 bridgehead atoms. The average Bonchev–Trinajstić information content (AvgIpc) is 2.68. The number of nitrogens with zero attached hydrogens (tertiary/aromatic N) is 3. The van der Waals surface area contributed by atoms with Gasteiger partial charge in [-0.1, -0.05) is 0 Å². The Balaban J connectivity index is 3.22. The van der Waals surface area contributed by atoms with Gasteiger partial charge in [-0.25, -0.2) is 0 Å². The predicted molar refractivity (Wildman–Crippen MR) is 71.6 cm³/mol. The Labute approximate surface area is 104 Å². The van der Waals surface area contributed by atoms with E-state index in [1.807, 2.05) is 48.4 Å². The summed E-state index contributed by atoms with van der Waals surface area (Å²) in [6.07, 6.45) is 1.59. The lowest BCUT2D eigenvalue weighted by Gasteiger charge is -2.41. The highest BCUT2D eigenvalue weighted by Crippen LogP contribution is 2.72. The van der Waals surface area contributed by atoms with E-state index in [0.29, 0.717) is 5.76 Å². The van der Waals surface area contributed by atoms with Gasteiger partial charge in [0.2, 0.25) is 0 Å². The van der Waals surface area contributed by atoms with Gasteiger partial charge in [0.1, 0.15) is 0 Å². The Morgan fingerprint density at radius 1 is 1.06 bits per heavy atom. The summed E-state index contributed by atoms with van der Waals surface area (Å²) >= 11 is 0. The van der Waals surface area contributed by atoms with Crippen LogP contribution in [0.3, 0.4) is 0 Å². The molecule has 0 fully saturated rings. The SMILES string of the molecule is CN(C)[P+](C(O)c1ccco1)(N(C)C)N(C)C. The second kappa shape index (κ2) is 5.46. The summed E-state index contributed by atoms with van der Waals surface area (Å²) in [5.41, 5.74) is 0. The first kappa shape index (κ1) is 14.6. The van der Waals surface area contributed by atoms with Crippen molar-refractivity contribution in [2.45, 2.75) is 5.85 Å². The molecule has 1 atom stereocenters. The Morgan fingerprint density at radius 2 is 1.53 bits per heavy atom. The molecule has 1 aromatic heterocycles. The van der Waals surface area contributed by atoms with Crippen LogP contribution in [-0.2, 0) is 0 Å². The zero-order valence-electron chi connectivity index (χ0n) is 11.5. The standard InChI is InChI=1S/C11H23N3O2P/c1-12(2)17(13(3)4,14(5)6)11(15)10-8-7-9-16-10/h7-9,11,15H,1-6H3/q+1. The maximum Gasteiger partial charge on any atom is 0.272 e. The van der Waals surface area contributed by atoms with Crippen molar-refractivity contribution in [1.82, 2.24) is 14.0 Å². The van der Waals surface area contributed by atoms with Gasteiger partial charge < -0.3 is 9.52 Å². The van der Waals surface area contributed by atoms with Crippen molar-refractivity contribution in [2.75, 3.05) is 42.3 Å². The van der Waals surface area contributed by atoms with Gasteiger partial charge in [-0.15, -0.1) is 0 Å². The van der Waals surface area contributed by atoms with Crippen LogP contribution in [0.1, 0.15) is 11.6 Å². The molecule has 1 N–H and O–H groups in total. The Kier molecular flexibility index (Phi) is 4.69. The lowest BCUT2D eigenvalue weighted by molar-refractivity contribution is 0.199. The molecule has 98 valence electrons. The van der Waals surface area contributed by atoms with Gasteiger partial charge in [-0.05, 0) is 12.1 Å². The molecule has 0 saturated carbocycles. The Hall–Kier alpha value is -0.450. The Morgan fingerprint density at radius 3 is 1.82 bits per heavy atom. The van der Waals surface area contributed by atoms with E-state index in [9.17, 15) is 5.11 Å². The molecule has 1 aromatic rings. The zero-order valence-corrected chi connectivity index (χ0v) is 12.3. The zero-order chi connectivity index (χ0) is 13.2. The molecule has 0 amide bonds. The minimum Gasteiger partial charge on any atom is -0.462 e. The summed E-state index contributed by atoms with van der Waals surface area (Å²) in [6, 6.07) is 3.62. The lowest BCUT2D eigenvalue weighted by atomic mass is 10.5. The summed E-state index contributed by atoms with van der Waals surface area (Å²) < 4.78 is 11.6. The lowest BCUT2D eigenvalue weighted by Crippen LogP contribution is -2.39. The van der Waals surface area contributed by atoms with E-state index in [1.165, 1.54) is 0 Å². The smallest absolute Gasteiger partial charge is 0.272 e. The maximum absolute atomic E-state index is 10.7. The molecule has 0 aliphatic rings. The molecule has 1 heterocycles. The third-order valence-electron chi connectivity index (χ3n) is 2.89. The molecule has 0 saturated heterocycles. The Bertz CT molecular complexity index is 317. The van der Waals surface area contributed by atoms with Crippen LogP contribution < -0.4 is 0 Å². The molecular formula is C11H23N3O2P+. The fourth-order valence-corrected chi connectivity index (χ4v) is 6.29. The molecule has 0 spiro atoms. The van der Waals surface area contributed by atoms with E-state index in [0.717, 1.165) is 0 Å². The van der Waals surface area contributed by atoms with Gasteiger partial charge in [-0.2, -0.15) is 14.0 Å². The number of hydrogen-bond donors (Lipinski definition) is 1. The highest BCUT2D eigenvalue weighted by Gasteiger charge is 2.56. The number of aliphatic hydroxyl groups is 1. The van der Waals surface area contributed by atoms with Crippen molar-refractivity contribution < 1.29 is 9.52 Å². The van der Waals surface area contributed by atoms with E-state index in [1.54, 1.807) is 12.3 Å². The number of hydrogen-bond acceptors (Lipinski definition) is 5. The van der Waals surface area contributed by atoms with Crippen molar-refractivity contribution in [3.05, 3.63) is 24.2 Å². The highest BCUT2D eigenvalue weighted by atomic mass is 31.2. The van der Waals surface area contributed by atoms with Gasteiger partial charge in [-0.3, -0.25) is 0 Å². The topological polar surface area (TPSA) is 43.1 Å². The van der Waals surface area contributed by atoms with Crippen LogP contribution in [-0.4, -0.2) is 61.4 Å². The van der Waals surface area contributed by atoms with Gasteiger partial charge >= 0.3 is 0 Å². The van der Waals surface area contributed by atoms with Crippen LogP contribution in [0.2, 0.25) is 0 Å². The minimum absolute atomic E-state index is 0.606. The minimum atomic E-state index is -2.03. The number of aliphatic hydroxyl groups excluding tert-OH is 1. The summed E-state index contributed by atoms with van der Waals surface area (Å²) in [5, 5.41) is 10.7. The normalized spacial score (nSPS) is 14.9. The molecule has 0 aromatic carbocycles. The first-order chi connectivity index (χ1) is 7.85. The average molecular weight is 260 g/mol. The van der Waals surface area contributed by atoms with Gasteiger partial charge in [0.25, 0.3) is 13.6 Å². The van der Waals surface area contributed by atoms with E-state index in [4.69, 9.17) is 4.42 Å². The molecule has 5 nitrogen and oxygen atoms in total. The van der Waals surface area contributed by atoms with E-state index >= 15 is 0 Å². The summed E-state index contributed by atoms with van der Waals surface area (Å²) in [5.74, 6) is -0.0491. The quantitative estimate of drug-likeness (QED) is 0.817. The van der Waals surface area contributed by atoms with Crippen LogP contribution in [0.25, 0.3) is 0 Å². The highest BCUT2D eigenvalue weighted by molar-refractivity contribution is 7.69. The molecule has 0 aliphatic heterocycles. The first-order valence-electron chi connectivity index (χ1n) is 5.48. The van der Waals surface area contributed by atoms with Crippen molar-refractivity contribution in [3.8, 4) is 0 Å². The molecule has 1 unspecified atom stereocenters. The third kappa shape index (κ3) is 2.39. The second-order valence-corrected chi connectivity index (χ2v) is 8.66. The molecule has 17 heavy (non-hydrogen) atoms. The summed E-state index contributed by atoms with van der Waals surface area (Å²) in [6.45, 7) is 0. The molecule has 0 radical (unpaired) electrons. The molecule has 1 rings (SSSR count). The number of furan rings is 1. The molecular weight excluding hydrogens is 237 g/mol. The van der Waals surface area contributed by atoms with Gasteiger partial charge in [0, 0.05) is 42.3 Å². The van der Waals surface area contributed by atoms with Crippen molar-refractivity contribution in [2.24, 2.45) is 0 Å². The first-order valence-corrected chi connectivity index (χ1v) is 7.20. The van der Waals surface area contributed by atoms with Crippen LogP contribution in [0.5, 0.6) is 0 Å². The predicted octanol–water partition coefficient (Wildman–Crippen LogP) is 1.72. The van der Waals surface area contributed by atoms with Crippen LogP contribution in [0.15, 0.2) is 22.8 Å². The van der Waals surface area contributed by atoms with E-state index < -0.39 is 13.6 Å². The molecule has 0 aliphatic carbocycles. The summed E-state index contributed by atoms with van der Waals surface area (Å²) in [7, 11) is 9.89. The number of rotatable bonds is 5. The van der Waals surface area contributed by atoms with Crippen LogP contribution >= 0.6 is 7.71 Å². The van der Waals surface area contributed by atoms with Gasteiger partial charge in [0.05, 0.1) is 6.26 Å². The largest absolute Gasteiger partial charge is 0.462 e. The fourth-order valence-electron chi connectivity index (χ4n) is 2.34. The van der Waals surface area contributed by atoms with Crippen molar-refractivity contribution >= 4 is 7.71 Å². The van der Waals surface area contributed by atoms with Crippen LogP contribution in [0.4, 0.5) is 0 Å². The monoisotopic (exact) mass is 260 g/mol. The van der Waals surface area contributed by atoms with Crippen molar-refractivity contribution in [1.29, 1.82) is 0 Å². The van der Waals surface area contributed by atoms with E-state index in [2.05, 4.69) is 14.0 Å². The van der Waals surface area contributed by atoms with Gasteiger partial charge in [0.15, 0.2) is 5.76 Å². The molecule has 6 heteroatoms. The van der Waals surface area contributed by atoms with E-state index in [-0.39, 0.29) is 0 Å². The van der Waals surface area contributed by atoms with Crippen LogP contribution in [0, 0.1) is 0 Å². The second-order valence-electron chi connectivity index (χ2n) is 4.55.